The first kappa shape index (κ1) is 40.6. The number of nitrogens with zero attached hydrogens (tertiary/aromatic N) is 1. The fourth-order valence-electron chi connectivity index (χ4n) is 6.33. The summed E-state index contributed by atoms with van der Waals surface area (Å²) in [6.45, 7) is 12.3. The highest BCUT2D eigenvalue weighted by atomic mass is 16.6. The number of amides is 4. The maximum Gasteiger partial charge on any atom is 0.243 e. The van der Waals surface area contributed by atoms with E-state index in [2.05, 4.69) is 21.3 Å². The van der Waals surface area contributed by atoms with Gasteiger partial charge in [-0.15, -0.1) is 0 Å². The van der Waals surface area contributed by atoms with Gasteiger partial charge in [0.15, 0.2) is 5.78 Å². The summed E-state index contributed by atoms with van der Waals surface area (Å²) in [6, 6.07) is 15.3. The third-order valence-corrected chi connectivity index (χ3v) is 9.38. The second-order valence-electron chi connectivity index (χ2n) is 15.0. The molecule has 0 saturated carbocycles. The van der Waals surface area contributed by atoms with E-state index in [0.29, 0.717) is 58.6 Å². The lowest BCUT2D eigenvalue weighted by Crippen LogP contribution is -2.59. The summed E-state index contributed by atoms with van der Waals surface area (Å²) in [5.41, 5.74) is 0.915. The summed E-state index contributed by atoms with van der Waals surface area (Å²) in [5.74, 6) is -1.83. The quantitative estimate of drug-likeness (QED) is 0.152. The van der Waals surface area contributed by atoms with Crippen molar-refractivity contribution < 1.29 is 33.4 Å². The highest BCUT2D eigenvalue weighted by Crippen LogP contribution is 2.29. The number of ketones is 1. The molecule has 0 aromatic heterocycles. The summed E-state index contributed by atoms with van der Waals surface area (Å²) in [6.07, 6.45) is 1.76. The zero-order valence-corrected chi connectivity index (χ0v) is 31.3. The number of morpholine rings is 1. The first-order chi connectivity index (χ1) is 24.8. The molecule has 12 heteroatoms. The number of hydrogen-bond donors (Lipinski definition) is 4. The Kier molecular flexibility index (Phi) is 15.3. The first-order valence-corrected chi connectivity index (χ1v) is 18.6. The van der Waals surface area contributed by atoms with Crippen LogP contribution in [-0.2, 0) is 46.3 Å². The number of epoxide rings is 1. The van der Waals surface area contributed by atoms with Gasteiger partial charge in [0, 0.05) is 19.5 Å². The lowest BCUT2D eigenvalue weighted by atomic mass is 9.93. The highest BCUT2D eigenvalue weighted by molar-refractivity contribution is 5.98. The molecule has 2 saturated heterocycles. The molecule has 4 N–H and O–H groups in total. The van der Waals surface area contributed by atoms with Crippen molar-refractivity contribution in [1.82, 2.24) is 26.2 Å². The van der Waals surface area contributed by atoms with Gasteiger partial charge in [0.2, 0.25) is 23.6 Å². The third-order valence-electron chi connectivity index (χ3n) is 9.38. The number of rotatable bonds is 20. The van der Waals surface area contributed by atoms with Crippen LogP contribution in [0.5, 0.6) is 0 Å². The molecular weight excluding hydrogens is 662 g/mol. The van der Waals surface area contributed by atoms with Gasteiger partial charge >= 0.3 is 0 Å². The SMILES string of the molecule is CC(C)CC(NC(=O)[C@H](CCc1ccccc1)NC(=O)CN1CCOCC1)C(=O)N[C@@H](Cc1ccccc1)C(=O)N[C@H](CC(C)C)C(=O)C1(C)CO1. The van der Waals surface area contributed by atoms with Crippen molar-refractivity contribution in [2.45, 2.75) is 96.5 Å². The standard InChI is InChI=1S/C40H57N5O7/c1-27(2)22-32(36(47)40(5)26-52-40)42-39(50)34(24-30-14-10-7-11-15-30)44-38(49)33(23-28(3)4)43-37(48)31(17-16-29-12-8-6-9-13-29)41-35(46)25-45-18-20-51-21-19-45/h6-15,27-28,31-34H,16-26H2,1-5H3,(H,41,46)(H,42,50)(H,43,48)(H,44,49)/t31-,32+,33?,34-,40?/m0/s1. The van der Waals surface area contributed by atoms with E-state index in [9.17, 15) is 24.0 Å². The molecule has 2 aliphatic rings. The number of ether oxygens (including phenoxy) is 2. The normalized spacial score (nSPS) is 19.6. The van der Waals surface area contributed by atoms with Crippen LogP contribution in [0.15, 0.2) is 60.7 Å². The van der Waals surface area contributed by atoms with E-state index >= 15 is 0 Å². The Labute approximate surface area is 308 Å². The summed E-state index contributed by atoms with van der Waals surface area (Å²) in [4.78, 5) is 70.5. The molecule has 5 atom stereocenters. The summed E-state index contributed by atoms with van der Waals surface area (Å²) in [5, 5.41) is 11.7. The average molecular weight is 720 g/mol. The second kappa shape index (κ2) is 19.6. The number of hydrogen-bond acceptors (Lipinski definition) is 8. The Morgan fingerprint density at radius 1 is 0.692 bits per heavy atom. The molecule has 0 radical (unpaired) electrons. The van der Waals surface area contributed by atoms with Crippen molar-refractivity contribution in [1.29, 1.82) is 0 Å². The predicted octanol–water partition coefficient (Wildman–Crippen LogP) is 2.58. The van der Waals surface area contributed by atoms with Gasteiger partial charge in [-0.25, -0.2) is 0 Å². The Morgan fingerprint density at radius 2 is 1.19 bits per heavy atom. The minimum absolute atomic E-state index is 0.0171. The van der Waals surface area contributed by atoms with Crippen molar-refractivity contribution in [2.24, 2.45) is 11.8 Å². The van der Waals surface area contributed by atoms with Crippen molar-refractivity contribution >= 4 is 29.4 Å². The smallest absolute Gasteiger partial charge is 0.243 e. The Morgan fingerprint density at radius 3 is 1.77 bits per heavy atom. The summed E-state index contributed by atoms with van der Waals surface area (Å²) >= 11 is 0. The molecule has 284 valence electrons. The van der Waals surface area contributed by atoms with Crippen molar-refractivity contribution in [3.63, 3.8) is 0 Å². The van der Waals surface area contributed by atoms with Crippen LogP contribution >= 0.6 is 0 Å². The average Bonchev–Trinajstić information content (AvgIpc) is 3.87. The highest BCUT2D eigenvalue weighted by Gasteiger charge is 2.50. The molecule has 2 unspecified atom stereocenters. The molecule has 2 heterocycles. The number of nitrogens with one attached hydrogen (secondary N) is 4. The molecule has 0 spiro atoms. The number of carbonyl (C=O) groups is 5. The van der Waals surface area contributed by atoms with Crippen LogP contribution in [0.4, 0.5) is 0 Å². The van der Waals surface area contributed by atoms with E-state index in [0.717, 1.165) is 11.1 Å². The largest absolute Gasteiger partial charge is 0.379 e. The molecule has 2 fully saturated rings. The van der Waals surface area contributed by atoms with Gasteiger partial charge in [0.05, 0.1) is 32.4 Å². The minimum Gasteiger partial charge on any atom is -0.379 e. The van der Waals surface area contributed by atoms with Gasteiger partial charge in [-0.1, -0.05) is 88.4 Å². The van der Waals surface area contributed by atoms with Crippen LogP contribution in [0.3, 0.4) is 0 Å². The summed E-state index contributed by atoms with van der Waals surface area (Å²) < 4.78 is 10.8. The lowest BCUT2D eigenvalue weighted by Gasteiger charge is -2.29. The van der Waals surface area contributed by atoms with Crippen LogP contribution in [-0.4, -0.2) is 104 Å². The topological polar surface area (TPSA) is 158 Å². The molecule has 2 aromatic rings. The number of Topliss-reactive ketones (excluding diaryl/α,β-unsaturated/α-hetero) is 1. The van der Waals surface area contributed by atoms with E-state index in [1.165, 1.54) is 0 Å². The van der Waals surface area contributed by atoms with Gasteiger partial charge in [-0.3, -0.25) is 28.9 Å². The molecule has 0 aliphatic carbocycles. The molecule has 4 rings (SSSR count). The third kappa shape index (κ3) is 13.1. The van der Waals surface area contributed by atoms with E-state index in [1.807, 2.05) is 93.3 Å². The van der Waals surface area contributed by atoms with E-state index in [4.69, 9.17) is 9.47 Å². The van der Waals surface area contributed by atoms with Crippen LogP contribution in [0.1, 0.15) is 65.0 Å². The Hall–Kier alpha value is -4.13. The maximum absolute atomic E-state index is 14.1. The second-order valence-corrected chi connectivity index (χ2v) is 15.0. The van der Waals surface area contributed by atoms with Gasteiger partial charge in [-0.2, -0.15) is 0 Å². The zero-order chi connectivity index (χ0) is 37.7. The Bertz CT molecular complexity index is 1480. The van der Waals surface area contributed by atoms with Crippen molar-refractivity contribution in [3.8, 4) is 0 Å². The fourth-order valence-corrected chi connectivity index (χ4v) is 6.33. The van der Waals surface area contributed by atoms with E-state index in [-0.39, 0.29) is 36.5 Å². The molecule has 0 bridgehead atoms. The monoisotopic (exact) mass is 719 g/mol. The lowest BCUT2D eigenvalue weighted by molar-refractivity contribution is -0.135. The van der Waals surface area contributed by atoms with E-state index < -0.39 is 47.5 Å². The van der Waals surface area contributed by atoms with Gasteiger partial charge in [0.25, 0.3) is 0 Å². The minimum atomic E-state index is -1.03. The predicted molar refractivity (Wildman–Crippen MR) is 198 cm³/mol. The molecule has 2 aliphatic heterocycles. The van der Waals surface area contributed by atoms with Gasteiger partial charge in [-0.05, 0) is 55.6 Å². The summed E-state index contributed by atoms with van der Waals surface area (Å²) in [7, 11) is 0. The Balaban J connectivity index is 1.51. The molecule has 12 nitrogen and oxygen atoms in total. The number of aryl methyl sites for hydroxylation is 1. The van der Waals surface area contributed by atoms with Crippen molar-refractivity contribution in [2.75, 3.05) is 39.5 Å². The van der Waals surface area contributed by atoms with Crippen molar-refractivity contribution in [3.05, 3.63) is 71.8 Å². The van der Waals surface area contributed by atoms with Crippen LogP contribution in [0, 0.1) is 11.8 Å². The maximum atomic E-state index is 14.1. The number of benzene rings is 2. The van der Waals surface area contributed by atoms with Crippen LogP contribution in [0.2, 0.25) is 0 Å². The molecule has 2 aromatic carbocycles. The molecule has 4 amide bonds. The number of carbonyl (C=O) groups excluding carboxylic acids is 5. The zero-order valence-electron chi connectivity index (χ0n) is 31.3. The fraction of sp³-hybridized carbons (Fsp3) is 0.575. The first-order valence-electron chi connectivity index (χ1n) is 18.6. The van der Waals surface area contributed by atoms with Gasteiger partial charge < -0.3 is 30.7 Å². The molecule has 52 heavy (non-hydrogen) atoms. The van der Waals surface area contributed by atoms with Crippen LogP contribution in [0.25, 0.3) is 0 Å². The molecular formula is C40H57N5O7. The van der Waals surface area contributed by atoms with Crippen LogP contribution < -0.4 is 21.3 Å². The van der Waals surface area contributed by atoms with Gasteiger partial charge in [0.1, 0.15) is 23.7 Å². The van der Waals surface area contributed by atoms with E-state index in [1.54, 1.807) is 6.92 Å².